The average Bonchev–Trinajstić information content (AvgIpc) is 3.16. The number of amides is 1. The third kappa shape index (κ3) is 5.04. The summed E-state index contributed by atoms with van der Waals surface area (Å²) >= 11 is 7.23. The Labute approximate surface area is 189 Å². The van der Waals surface area contributed by atoms with Crippen molar-refractivity contribution in [3.63, 3.8) is 0 Å². The second kappa shape index (κ2) is 9.17. The monoisotopic (exact) mass is 480 g/mol. The highest BCUT2D eigenvalue weighted by molar-refractivity contribution is 7.99. The number of nitrogens with zero attached hydrogens (tertiary/aromatic N) is 2. The molecule has 0 saturated carbocycles. The fourth-order valence-electron chi connectivity index (χ4n) is 3.24. The maximum atomic E-state index is 13.0. The van der Waals surface area contributed by atoms with Crippen LogP contribution in [0.4, 0.5) is 5.69 Å². The number of aromatic amines is 1. The lowest BCUT2D eigenvalue weighted by molar-refractivity contribution is -0.113. The molecule has 0 spiro atoms. The topological polar surface area (TPSA) is 104 Å². The number of halogens is 1. The number of aryl methyl sites for hydroxylation is 1. The van der Waals surface area contributed by atoms with Crippen molar-refractivity contribution in [2.24, 2.45) is 0 Å². The van der Waals surface area contributed by atoms with Gasteiger partial charge in [0.25, 0.3) is 0 Å². The van der Waals surface area contributed by atoms with E-state index in [1.807, 2.05) is 0 Å². The maximum absolute atomic E-state index is 13.0. The standard InChI is InChI=1S/C20H21ClN4O4S2/c1-13-2-4-15(11-18(13)31(27,28)25-6-8-29-9-7-25)22-19(26)12-30-20-23-16-5-3-14(21)10-17(16)24-20/h2-5,10-11H,6-9,12H2,1H3,(H,22,26)(H,23,24). The fourth-order valence-corrected chi connectivity index (χ4v) is 5.76. The van der Waals surface area contributed by atoms with Gasteiger partial charge in [-0.1, -0.05) is 29.4 Å². The van der Waals surface area contributed by atoms with Gasteiger partial charge in [-0.2, -0.15) is 4.31 Å². The second-order valence-corrected chi connectivity index (χ2v) is 10.3. The summed E-state index contributed by atoms with van der Waals surface area (Å²) in [4.78, 5) is 20.2. The van der Waals surface area contributed by atoms with Crippen molar-refractivity contribution in [2.45, 2.75) is 17.0 Å². The molecular weight excluding hydrogens is 460 g/mol. The first kappa shape index (κ1) is 22.1. The number of nitrogens with one attached hydrogen (secondary N) is 2. The van der Waals surface area contributed by atoms with Crippen LogP contribution in [0.5, 0.6) is 0 Å². The Hall–Kier alpha value is -2.11. The first-order valence-corrected chi connectivity index (χ1v) is 12.4. The van der Waals surface area contributed by atoms with Gasteiger partial charge in [0.15, 0.2) is 5.16 Å². The van der Waals surface area contributed by atoms with Gasteiger partial charge in [-0.05, 0) is 42.8 Å². The van der Waals surface area contributed by atoms with Crippen LogP contribution in [-0.4, -0.2) is 60.7 Å². The quantitative estimate of drug-likeness (QED) is 0.525. The van der Waals surface area contributed by atoms with Gasteiger partial charge in [0.2, 0.25) is 15.9 Å². The van der Waals surface area contributed by atoms with E-state index in [4.69, 9.17) is 16.3 Å². The number of anilines is 1. The Morgan fingerprint density at radius 2 is 2.03 bits per heavy atom. The van der Waals surface area contributed by atoms with Crippen LogP contribution in [0.25, 0.3) is 11.0 Å². The number of carbonyl (C=O) groups excluding carboxylic acids is 1. The SMILES string of the molecule is Cc1ccc(NC(=O)CSc2nc3ccc(Cl)cc3[nH]2)cc1S(=O)(=O)N1CCOCC1. The number of imidazole rings is 1. The smallest absolute Gasteiger partial charge is 0.243 e. The molecule has 0 radical (unpaired) electrons. The Bertz CT molecular complexity index is 1220. The molecule has 1 fully saturated rings. The maximum Gasteiger partial charge on any atom is 0.243 e. The summed E-state index contributed by atoms with van der Waals surface area (Å²) in [6.45, 7) is 3.12. The highest BCUT2D eigenvalue weighted by atomic mass is 35.5. The predicted molar refractivity (Wildman–Crippen MR) is 121 cm³/mol. The number of sulfonamides is 1. The molecule has 1 aliphatic heterocycles. The molecule has 0 bridgehead atoms. The van der Waals surface area contributed by atoms with Gasteiger partial charge in [-0.25, -0.2) is 13.4 Å². The Kier molecular flexibility index (Phi) is 6.54. The number of hydrogen-bond acceptors (Lipinski definition) is 6. The van der Waals surface area contributed by atoms with Crippen molar-refractivity contribution in [1.29, 1.82) is 0 Å². The van der Waals surface area contributed by atoms with Crippen LogP contribution in [0.2, 0.25) is 5.02 Å². The summed E-state index contributed by atoms with van der Waals surface area (Å²) in [6, 6.07) is 10.2. The number of fused-ring (bicyclic) bond motifs is 1. The van der Waals surface area contributed by atoms with Crippen LogP contribution < -0.4 is 5.32 Å². The lowest BCUT2D eigenvalue weighted by Gasteiger charge is -2.26. The Morgan fingerprint density at radius 1 is 1.26 bits per heavy atom. The number of H-pyrrole nitrogens is 1. The van der Waals surface area contributed by atoms with Gasteiger partial charge in [0.05, 0.1) is 34.9 Å². The van der Waals surface area contributed by atoms with Crippen LogP contribution in [0.15, 0.2) is 46.5 Å². The van der Waals surface area contributed by atoms with E-state index in [9.17, 15) is 13.2 Å². The second-order valence-electron chi connectivity index (χ2n) is 7.04. The van der Waals surface area contributed by atoms with Gasteiger partial charge >= 0.3 is 0 Å². The van der Waals surface area contributed by atoms with E-state index in [-0.39, 0.29) is 16.6 Å². The number of benzene rings is 2. The fraction of sp³-hybridized carbons (Fsp3) is 0.300. The molecule has 2 aromatic carbocycles. The summed E-state index contributed by atoms with van der Waals surface area (Å²) in [6.07, 6.45) is 0. The highest BCUT2D eigenvalue weighted by Gasteiger charge is 2.28. The highest BCUT2D eigenvalue weighted by Crippen LogP contribution is 2.25. The normalized spacial score (nSPS) is 15.3. The van der Waals surface area contributed by atoms with E-state index in [1.54, 1.807) is 37.3 Å². The van der Waals surface area contributed by atoms with Gasteiger partial charge in [-0.3, -0.25) is 4.79 Å². The minimum Gasteiger partial charge on any atom is -0.379 e. The summed E-state index contributed by atoms with van der Waals surface area (Å²) < 4.78 is 32.7. The summed E-state index contributed by atoms with van der Waals surface area (Å²) in [5.74, 6) is -0.144. The molecule has 0 atom stereocenters. The molecule has 2 N–H and O–H groups in total. The molecule has 164 valence electrons. The number of thioether (sulfide) groups is 1. The van der Waals surface area contributed by atoms with Crippen LogP contribution >= 0.6 is 23.4 Å². The number of morpholine rings is 1. The minimum atomic E-state index is -3.65. The van der Waals surface area contributed by atoms with Crippen molar-refractivity contribution in [3.05, 3.63) is 47.0 Å². The van der Waals surface area contributed by atoms with E-state index in [1.165, 1.54) is 22.1 Å². The summed E-state index contributed by atoms with van der Waals surface area (Å²) in [7, 11) is -3.65. The van der Waals surface area contributed by atoms with Gasteiger partial charge in [0, 0.05) is 23.8 Å². The van der Waals surface area contributed by atoms with Crippen LogP contribution in [0.1, 0.15) is 5.56 Å². The molecule has 1 aliphatic rings. The van der Waals surface area contributed by atoms with Crippen molar-refractivity contribution < 1.29 is 17.9 Å². The molecule has 0 aliphatic carbocycles. The zero-order chi connectivity index (χ0) is 22.0. The molecule has 1 amide bonds. The molecule has 31 heavy (non-hydrogen) atoms. The lowest BCUT2D eigenvalue weighted by Crippen LogP contribution is -2.40. The third-order valence-electron chi connectivity index (χ3n) is 4.82. The van der Waals surface area contributed by atoms with Crippen LogP contribution in [0, 0.1) is 6.92 Å². The van der Waals surface area contributed by atoms with E-state index >= 15 is 0 Å². The molecule has 4 rings (SSSR count). The van der Waals surface area contributed by atoms with Crippen molar-refractivity contribution >= 4 is 56.0 Å². The summed E-state index contributed by atoms with van der Waals surface area (Å²) in [5.41, 5.74) is 2.62. The summed E-state index contributed by atoms with van der Waals surface area (Å²) in [5, 5.41) is 3.98. The van der Waals surface area contributed by atoms with Gasteiger partial charge < -0.3 is 15.0 Å². The molecule has 1 aromatic heterocycles. The van der Waals surface area contributed by atoms with E-state index < -0.39 is 10.0 Å². The van der Waals surface area contributed by atoms with Crippen LogP contribution in [0.3, 0.4) is 0 Å². The largest absolute Gasteiger partial charge is 0.379 e. The molecule has 11 heteroatoms. The van der Waals surface area contributed by atoms with Crippen molar-refractivity contribution in [2.75, 3.05) is 37.4 Å². The first-order valence-electron chi connectivity index (χ1n) is 9.59. The van der Waals surface area contributed by atoms with E-state index in [2.05, 4.69) is 15.3 Å². The minimum absolute atomic E-state index is 0.118. The number of hydrogen-bond donors (Lipinski definition) is 2. The molecule has 2 heterocycles. The van der Waals surface area contributed by atoms with Crippen molar-refractivity contribution in [3.8, 4) is 0 Å². The molecule has 0 unspecified atom stereocenters. The van der Waals surface area contributed by atoms with Crippen molar-refractivity contribution in [1.82, 2.24) is 14.3 Å². The van der Waals surface area contributed by atoms with E-state index in [0.29, 0.717) is 47.7 Å². The zero-order valence-electron chi connectivity index (χ0n) is 16.7. The first-order chi connectivity index (χ1) is 14.8. The zero-order valence-corrected chi connectivity index (χ0v) is 19.1. The molecule has 3 aromatic rings. The Balaban J connectivity index is 1.43. The number of ether oxygens (including phenoxy) is 1. The number of rotatable bonds is 6. The predicted octanol–water partition coefficient (Wildman–Crippen LogP) is 3.28. The van der Waals surface area contributed by atoms with E-state index in [0.717, 1.165) is 11.0 Å². The van der Waals surface area contributed by atoms with Crippen LogP contribution in [-0.2, 0) is 19.6 Å². The van der Waals surface area contributed by atoms with Gasteiger partial charge in [0.1, 0.15) is 0 Å². The number of aromatic nitrogens is 2. The molecule has 8 nitrogen and oxygen atoms in total. The third-order valence-corrected chi connectivity index (χ3v) is 7.97. The van der Waals surface area contributed by atoms with Gasteiger partial charge in [-0.15, -0.1) is 0 Å². The molecular formula is C20H21ClN4O4S2. The Morgan fingerprint density at radius 3 is 2.81 bits per heavy atom. The lowest BCUT2D eigenvalue weighted by atomic mass is 10.2. The molecule has 1 saturated heterocycles. The average molecular weight is 481 g/mol. The number of carbonyl (C=O) groups is 1.